The molecule has 0 spiro atoms. The number of carbonyl (C=O) groups excluding carboxylic acids is 2. The predicted molar refractivity (Wildman–Crippen MR) is 94.7 cm³/mol. The topological polar surface area (TPSA) is 111 Å². The molecule has 1 unspecified atom stereocenters. The summed E-state index contributed by atoms with van der Waals surface area (Å²) in [5.74, 6) is -0.604. The number of benzene rings is 2. The molecule has 0 saturated heterocycles. The Balaban J connectivity index is 1.96. The number of amides is 2. The minimum atomic E-state index is -0.847. The van der Waals surface area contributed by atoms with Gasteiger partial charge in [0.2, 0.25) is 0 Å². The molecule has 0 saturated carbocycles. The average molecular weight is 357 g/mol. The smallest absolute Gasteiger partial charge is 0.279 e. The highest BCUT2D eigenvalue weighted by atomic mass is 16.6. The Morgan fingerprint density at radius 2 is 1.69 bits per heavy atom. The van der Waals surface area contributed by atoms with E-state index < -0.39 is 22.8 Å². The summed E-state index contributed by atoms with van der Waals surface area (Å²) in [6.07, 6.45) is -0.847. The van der Waals surface area contributed by atoms with E-state index in [1.54, 1.807) is 6.92 Å². The Kier molecular flexibility index (Phi) is 5.90. The van der Waals surface area contributed by atoms with Gasteiger partial charge in [0, 0.05) is 17.7 Å². The monoisotopic (exact) mass is 357 g/mol. The number of hydrogen-bond donors (Lipinski definition) is 2. The third-order valence-electron chi connectivity index (χ3n) is 3.69. The molecule has 0 heterocycles. The van der Waals surface area contributed by atoms with Crippen molar-refractivity contribution in [1.82, 2.24) is 10.9 Å². The highest BCUT2D eigenvalue weighted by Gasteiger charge is 2.18. The Labute approximate surface area is 150 Å². The van der Waals surface area contributed by atoms with Gasteiger partial charge in [0.1, 0.15) is 5.75 Å². The van der Waals surface area contributed by atoms with Crippen molar-refractivity contribution in [1.29, 1.82) is 0 Å². The number of para-hydroxylation sites is 1. The molecule has 2 aromatic carbocycles. The molecule has 8 nitrogen and oxygen atoms in total. The Morgan fingerprint density at radius 3 is 2.31 bits per heavy atom. The zero-order valence-electron chi connectivity index (χ0n) is 14.6. The first-order valence-electron chi connectivity index (χ1n) is 7.87. The fraction of sp³-hybridized carbons (Fsp3) is 0.222. The molecule has 26 heavy (non-hydrogen) atoms. The number of hydrogen-bond acceptors (Lipinski definition) is 5. The largest absolute Gasteiger partial charge is 0.480 e. The van der Waals surface area contributed by atoms with Crippen LogP contribution >= 0.6 is 0 Å². The standard InChI is InChI=1S/C18H19N3O5/c1-11-6-4-7-12(2)16(11)26-13(3)17(22)19-20-18(23)14-8-5-9-15(10-14)21(24)25/h4-10,13H,1-3H3,(H,19,22)(H,20,23). The van der Waals surface area contributed by atoms with E-state index >= 15 is 0 Å². The molecule has 0 fully saturated rings. The highest BCUT2D eigenvalue weighted by Crippen LogP contribution is 2.23. The molecule has 136 valence electrons. The zero-order valence-corrected chi connectivity index (χ0v) is 14.6. The first-order valence-corrected chi connectivity index (χ1v) is 7.87. The van der Waals surface area contributed by atoms with Crippen LogP contribution in [0.15, 0.2) is 42.5 Å². The molecule has 2 N–H and O–H groups in total. The lowest BCUT2D eigenvalue weighted by molar-refractivity contribution is -0.384. The number of rotatable bonds is 5. The van der Waals surface area contributed by atoms with Gasteiger partial charge in [-0.05, 0) is 38.0 Å². The van der Waals surface area contributed by atoms with Crippen molar-refractivity contribution in [3.8, 4) is 5.75 Å². The van der Waals surface area contributed by atoms with Gasteiger partial charge < -0.3 is 4.74 Å². The van der Waals surface area contributed by atoms with Gasteiger partial charge in [-0.3, -0.25) is 30.6 Å². The summed E-state index contributed by atoms with van der Waals surface area (Å²) in [6.45, 7) is 5.30. The number of aryl methyl sites for hydroxylation is 2. The zero-order chi connectivity index (χ0) is 19.3. The van der Waals surface area contributed by atoms with Crippen LogP contribution in [-0.2, 0) is 4.79 Å². The van der Waals surface area contributed by atoms with Gasteiger partial charge in [-0.15, -0.1) is 0 Å². The maximum Gasteiger partial charge on any atom is 0.279 e. The molecular formula is C18H19N3O5. The summed E-state index contributed by atoms with van der Waals surface area (Å²) in [6, 6.07) is 10.8. The Hall–Kier alpha value is -3.42. The van der Waals surface area contributed by atoms with E-state index in [9.17, 15) is 19.7 Å². The van der Waals surface area contributed by atoms with Crippen LogP contribution in [0, 0.1) is 24.0 Å². The third-order valence-corrected chi connectivity index (χ3v) is 3.69. The van der Waals surface area contributed by atoms with Crippen LogP contribution in [0.5, 0.6) is 5.75 Å². The van der Waals surface area contributed by atoms with Gasteiger partial charge in [0.15, 0.2) is 6.10 Å². The van der Waals surface area contributed by atoms with Crippen molar-refractivity contribution in [2.75, 3.05) is 0 Å². The van der Waals surface area contributed by atoms with Crippen LogP contribution in [0.2, 0.25) is 0 Å². The van der Waals surface area contributed by atoms with E-state index in [1.165, 1.54) is 18.2 Å². The maximum atomic E-state index is 12.1. The second-order valence-electron chi connectivity index (χ2n) is 5.73. The van der Waals surface area contributed by atoms with E-state index in [1.807, 2.05) is 32.0 Å². The first kappa shape index (κ1) is 18.9. The fourth-order valence-electron chi connectivity index (χ4n) is 2.27. The number of nitrogens with one attached hydrogen (secondary N) is 2. The minimum Gasteiger partial charge on any atom is -0.480 e. The van der Waals surface area contributed by atoms with Crippen molar-refractivity contribution in [3.63, 3.8) is 0 Å². The number of non-ortho nitro benzene ring substituents is 1. The second-order valence-corrected chi connectivity index (χ2v) is 5.73. The molecule has 1 atom stereocenters. The van der Waals surface area contributed by atoms with Crippen molar-refractivity contribution >= 4 is 17.5 Å². The van der Waals surface area contributed by atoms with Gasteiger partial charge >= 0.3 is 0 Å². The molecular weight excluding hydrogens is 338 g/mol. The molecule has 0 aliphatic rings. The summed E-state index contributed by atoms with van der Waals surface area (Å²) >= 11 is 0. The Bertz CT molecular complexity index is 830. The van der Waals surface area contributed by atoms with Crippen LogP contribution in [0.1, 0.15) is 28.4 Å². The number of nitro groups is 1. The maximum absolute atomic E-state index is 12.1. The number of nitrogens with zero attached hydrogens (tertiary/aromatic N) is 1. The molecule has 2 rings (SSSR count). The second kappa shape index (κ2) is 8.11. The van der Waals surface area contributed by atoms with Crippen LogP contribution in [0.3, 0.4) is 0 Å². The van der Waals surface area contributed by atoms with E-state index in [-0.39, 0.29) is 11.3 Å². The highest BCUT2D eigenvalue weighted by molar-refractivity contribution is 5.96. The van der Waals surface area contributed by atoms with E-state index in [0.29, 0.717) is 5.75 Å². The fourth-order valence-corrected chi connectivity index (χ4v) is 2.27. The van der Waals surface area contributed by atoms with Gasteiger partial charge in [-0.1, -0.05) is 24.3 Å². The van der Waals surface area contributed by atoms with E-state index in [0.717, 1.165) is 17.2 Å². The SMILES string of the molecule is Cc1cccc(C)c1OC(C)C(=O)NNC(=O)c1cccc([N+](=O)[O-])c1. The lowest BCUT2D eigenvalue weighted by Gasteiger charge is -2.18. The molecule has 0 aliphatic heterocycles. The normalized spacial score (nSPS) is 11.3. The van der Waals surface area contributed by atoms with Gasteiger partial charge in [-0.25, -0.2) is 0 Å². The number of carbonyl (C=O) groups is 2. The molecule has 0 aliphatic carbocycles. The first-order chi connectivity index (χ1) is 12.3. The van der Waals surface area contributed by atoms with Crippen LogP contribution in [0.25, 0.3) is 0 Å². The van der Waals surface area contributed by atoms with Gasteiger partial charge in [-0.2, -0.15) is 0 Å². The summed E-state index contributed by atoms with van der Waals surface area (Å²) < 4.78 is 5.67. The molecule has 8 heteroatoms. The van der Waals surface area contributed by atoms with Crippen molar-refractivity contribution in [2.24, 2.45) is 0 Å². The van der Waals surface area contributed by atoms with Crippen LogP contribution in [-0.4, -0.2) is 22.8 Å². The molecule has 0 bridgehead atoms. The summed E-state index contributed by atoms with van der Waals surface area (Å²) in [5.41, 5.74) is 6.11. The molecule has 0 radical (unpaired) electrons. The molecule has 2 amide bonds. The van der Waals surface area contributed by atoms with Crippen molar-refractivity contribution in [3.05, 3.63) is 69.3 Å². The predicted octanol–water partition coefficient (Wildman–Crippen LogP) is 2.44. The van der Waals surface area contributed by atoms with Crippen LogP contribution in [0.4, 0.5) is 5.69 Å². The van der Waals surface area contributed by atoms with E-state index in [4.69, 9.17) is 4.74 Å². The minimum absolute atomic E-state index is 0.0582. The quantitative estimate of drug-likeness (QED) is 0.631. The molecule has 2 aromatic rings. The molecule has 0 aromatic heterocycles. The number of ether oxygens (including phenoxy) is 1. The van der Waals surface area contributed by atoms with Crippen molar-refractivity contribution < 1.29 is 19.2 Å². The number of hydrazine groups is 1. The van der Waals surface area contributed by atoms with Crippen molar-refractivity contribution in [2.45, 2.75) is 26.9 Å². The third kappa shape index (κ3) is 4.56. The average Bonchev–Trinajstić information content (AvgIpc) is 2.62. The van der Waals surface area contributed by atoms with E-state index in [2.05, 4.69) is 10.9 Å². The lowest BCUT2D eigenvalue weighted by Crippen LogP contribution is -2.47. The summed E-state index contributed by atoms with van der Waals surface area (Å²) in [5, 5.41) is 10.7. The summed E-state index contributed by atoms with van der Waals surface area (Å²) in [7, 11) is 0. The summed E-state index contributed by atoms with van der Waals surface area (Å²) in [4.78, 5) is 34.3. The number of nitro benzene ring substituents is 1. The van der Waals surface area contributed by atoms with Gasteiger partial charge in [0.25, 0.3) is 17.5 Å². The van der Waals surface area contributed by atoms with Crippen LogP contribution < -0.4 is 15.6 Å². The Morgan fingerprint density at radius 1 is 1.08 bits per heavy atom. The lowest BCUT2D eigenvalue weighted by atomic mass is 10.1. The van der Waals surface area contributed by atoms with Gasteiger partial charge in [0.05, 0.1) is 4.92 Å².